The molecule has 3 rings (SSSR count). The SMILES string of the molecule is CCCn1cnc2c1c(=O)n(CCOC)c(=O)n2-c1ccc(F)cc1F. The van der Waals surface area contributed by atoms with Gasteiger partial charge in [0.25, 0.3) is 5.56 Å². The molecule has 1 aromatic carbocycles. The van der Waals surface area contributed by atoms with E-state index in [9.17, 15) is 18.4 Å². The monoisotopic (exact) mass is 364 g/mol. The van der Waals surface area contributed by atoms with E-state index in [-0.39, 0.29) is 30.0 Å². The molecule has 0 bridgehead atoms. The summed E-state index contributed by atoms with van der Waals surface area (Å²) in [7, 11) is 1.45. The van der Waals surface area contributed by atoms with Crippen LogP contribution in [0.2, 0.25) is 0 Å². The third kappa shape index (κ3) is 2.94. The Balaban J connectivity index is 2.40. The lowest BCUT2D eigenvalue weighted by Gasteiger charge is -2.13. The summed E-state index contributed by atoms with van der Waals surface area (Å²) >= 11 is 0. The molecule has 0 spiro atoms. The molecular formula is C17H18F2N4O3. The lowest BCUT2D eigenvalue weighted by molar-refractivity contribution is 0.184. The van der Waals surface area contributed by atoms with Crippen LogP contribution in [0.1, 0.15) is 13.3 Å². The van der Waals surface area contributed by atoms with Crippen LogP contribution < -0.4 is 11.2 Å². The van der Waals surface area contributed by atoms with Gasteiger partial charge in [-0.2, -0.15) is 0 Å². The number of nitrogens with zero attached hydrogens (tertiary/aromatic N) is 4. The first kappa shape index (κ1) is 18.0. The third-order valence-electron chi connectivity index (χ3n) is 4.03. The summed E-state index contributed by atoms with van der Waals surface area (Å²) < 4.78 is 36.2. The lowest BCUT2D eigenvalue weighted by atomic mass is 10.3. The maximum absolute atomic E-state index is 14.3. The molecule has 0 aliphatic carbocycles. The molecule has 0 fully saturated rings. The van der Waals surface area contributed by atoms with Gasteiger partial charge in [0, 0.05) is 19.7 Å². The quantitative estimate of drug-likeness (QED) is 0.667. The van der Waals surface area contributed by atoms with E-state index in [4.69, 9.17) is 4.74 Å². The van der Waals surface area contributed by atoms with Crippen molar-refractivity contribution in [3.8, 4) is 5.69 Å². The van der Waals surface area contributed by atoms with Gasteiger partial charge in [0.15, 0.2) is 11.2 Å². The zero-order valence-electron chi connectivity index (χ0n) is 14.4. The van der Waals surface area contributed by atoms with Gasteiger partial charge in [-0.25, -0.2) is 23.1 Å². The summed E-state index contributed by atoms with van der Waals surface area (Å²) in [5.74, 6) is -1.69. The smallest absolute Gasteiger partial charge is 0.337 e. The molecule has 0 atom stereocenters. The van der Waals surface area contributed by atoms with Gasteiger partial charge in [-0.15, -0.1) is 0 Å². The van der Waals surface area contributed by atoms with Gasteiger partial charge in [0.05, 0.1) is 25.2 Å². The van der Waals surface area contributed by atoms with Crippen molar-refractivity contribution in [2.24, 2.45) is 0 Å². The maximum atomic E-state index is 14.3. The fraction of sp³-hybridized carbons (Fsp3) is 0.353. The highest BCUT2D eigenvalue weighted by Gasteiger charge is 2.20. The van der Waals surface area contributed by atoms with E-state index in [2.05, 4.69) is 4.98 Å². The minimum atomic E-state index is -0.921. The zero-order valence-corrected chi connectivity index (χ0v) is 14.4. The van der Waals surface area contributed by atoms with Crippen LogP contribution in [-0.2, 0) is 17.8 Å². The molecule has 0 unspecified atom stereocenters. The number of hydrogen-bond acceptors (Lipinski definition) is 4. The standard InChI is InChI=1S/C17H18F2N4O3/c1-3-6-21-10-20-15-14(21)16(24)22(7-8-26-2)17(25)23(15)13-5-4-11(18)9-12(13)19/h4-5,9-10H,3,6-8H2,1-2H3. The molecule has 26 heavy (non-hydrogen) atoms. The molecule has 0 aliphatic heterocycles. The maximum Gasteiger partial charge on any atom is 0.337 e. The Hall–Kier alpha value is -2.81. The highest BCUT2D eigenvalue weighted by Crippen LogP contribution is 2.17. The molecule has 3 aromatic rings. The molecule has 2 aromatic heterocycles. The van der Waals surface area contributed by atoms with Gasteiger partial charge in [-0.3, -0.25) is 9.36 Å². The van der Waals surface area contributed by atoms with E-state index in [1.807, 2.05) is 6.92 Å². The van der Waals surface area contributed by atoms with Crippen LogP contribution in [0.25, 0.3) is 16.9 Å². The molecule has 9 heteroatoms. The Morgan fingerprint density at radius 1 is 1.19 bits per heavy atom. The number of aromatic nitrogens is 4. The van der Waals surface area contributed by atoms with Crippen molar-refractivity contribution >= 4 is 11.2 Å². The topological polar surface area (TPSA) is 71.1 Å². The minimum Gasteiger partial charge on any atom is -0.383 e. The van der Waals surface area contributed by atoms with E-state index in [0.717, 1.165) is 27.7 Å². The molecule has 0 saturated heterocycles. The van der Waals surface area contributed by atoms with E-state index < -0.39 is 22.9 Å². The Morgan fingerprint density at radius 3 is 2.62 bits per heavy atom. The van der Waals surface area contributed by atoms with Crippen LogP contribution >= 0.6 is 0 Å². The lowest BCUT2D eigenvalue weighted by Crippen LogP contribution is -2.41. The van der Waals surface area contributed by atoms with E-state index in [0.29, 0.717) is 12.6 Å². The number of methoxy groups -OCH3 is 1. The summed E-state index contributed by atoms with van der Waals surface area (Å²) in [5.41, 5.74) is -1.23. The molecule has 0 amide bonds. The minimum absolute atomic E-state index is 0.00419. The number of imidazole rings is 1. The number of halogens is 2. The highest BCUT2D eigenvalue weighted by atomic mass is 19.1. The molecule has 2 heterocycles. The van der Waals surface area contributed by atoms with Crippen molar-refractivity contribution < 1.29 is 13.5 Å². The zero-order chi connectivity index (χ0) is 18.8. The number of hydrogen-bond donors (Lipinski definition) is 0. The van der Waals surface area contributed by atoms with Crippen molar-refractivity contribution in [3.63, 3.8) is 0 Å². The summed E-state index contributed by atoms with van der Waals surface area (Å²) in [6.45, 7) is 2.59. The highest BCUT2D eigenvalue weighted by molar-refractivity contribution is 5.72. The number of fused-ring (bicyclic) bond motifs is 1. The van der Waals surface area contributed by atoms with Gasteiger partial charge >= 0.3 is 5.69 Å². The van der Waals surface area contributed by atoms with Crippen molar-refractivity contribution in [3.05, 3.63) is 57.0 Å². The first-order valence-corrected chi connectivity index (χ1v) is 8.14. The van der Waals surface area contributed by atoms with Gasteiger partial charge < -0.3 is 9.30 Å². The first-order valence-electron chi connectivity index (χ1n) is 8.14. The fourth-order valence-electron chi connectivity index (χ4n) is 2.85. The molecule has 0 radical (unpaired) electrons. The molecule has 0 saturated carbocycles. The Morgan fingerprint density at radius 2 is 1.96 bits per heavy atom. The summed E-state index contributed by atoms with van der Waals surface area (Å²) in [5, 5.41) is 0. The summed E-state index contributed by atoms with van der Waals surface area (Å²) in [6.07, 6.45) is 2.18. The van der Waals surface area contributed by atoms with Crippen LogP contribution in [0.4, 0.5) is 8.78 Å². The van der Waals surface area contributed by atoms with Crippen molar-refractivity contribution in [1.82, 2.24) is 18.7 Å². The average Bonchev–Trinajstić information content (AvgIpc) is 3.01. The van der Waals surface area contributed by atoms with Crippen LogP contribution in [0.15, 0.2) is 34.1 Å². The van der Waals surface area contributed by atoms with E-state index in [1.165, 1.54) is 13.4 Å². The van der Waals surface area contributed by atoms with Gasteiger partial charge in [-0.1, -0.05) is 6.92 Å². The summed E-state index contributed by atoms with van der Waals surface area (Å²) in [4.78, 5) is 29.8. The molecule has 0 aliphatic rings. The Kier molecular flexibility index (Phi) is 4.99. The van der Waals surface area contributed by atoms with Crippen LogP contribution in [0.5, 0.6) is 0 Å². The third-order valence-corrected chi connectivity index (χ3v) is 4.03. The van der Waals surface area contributed by atoms with Crippen LogP contribution in [-0.4, -0.2) is 32.4 Å². The van der Waals surface area contributed by atoms with Gasteiger partial charge in [0.2, 0.25) is 0 Å². The fourth-order valence-corrected chi connectivity index (χ4v) is 2.85. The number of rotatable bonds is 6. The molecular weight excluding hydrogens is 346 g/mol. The predicted molar refractivity (Wildman–Crippen MR) is 91.7 cm³/mol. The molecule has 7 nitrogen and oxygen atoms in total. The van der Waals surface area contributed by atoms with Crippen molar-refractivity contribution in [2.45, 2.75) is 26.4 Å². The second kappa shape index (κ2) is 7.20. The Bertz CT molecular complexity index is 1070. The summed E-state index contributed by atoms with van der Waals surface area (Å²) in [6, 6.07) is 2.88. The van der Waals surface area contributed by atoms with Crippen LogP contribution in [0.3, 0.4) is 0 Å². The van der Waals surface area contributed by atoms with Crippen molar-refractivity contribution in [1.29, 1.82) is 0 Å². The van der Waals surface area contributed by atoms with Gasteiger partial charge in [-0.05, 0) is 18.6 Å². The van der Waals surface area contributed by atoms with Crippen molar-refractivity contribution in [2.75, 3.05) is 13.7 Å². The van der Waals surface area contributed by atoms with E-state index in [1.54, 1.807) is 4.57 Å². The molecule has 138 valence electrons. The first-order chi connectivity index (χ1) is 12.5. The normalized spacial score (nSPS) is 11.4. The van der Waals surface area contributed by atoms with Crippen LogP contribution in [0, 0.1) is 11.6 Å². The van der Waals surface area contributed by atoms with Gasteiger partial charge in [0.1, 0.15) is 11.6 Å². The number of aryl methyl sites for hydroxylation is 1. The average molecular weight is 364 g/mol. The predicted octanol–water partition coefficient (Wildman–Crippen LogP) is 1.68. The van der Waals surface area contributed by atoms with E-state index >= 15 is 0 Å². The number of benzene rings is 1. The largest absolute Gasteiger partial charge is 0.383 e. The number of ether oxygens (including phenoxy) is 1. The second-order valence-corrected chi connectivity index (χ2v) is 5.77. The second-order valence-electron chi connectivity index (χ2n) is 5.77. The molecule has 0 N–H and O–H groups in total. The Labute approximate surface area is 147 Å².